The zero-order valence-electron chi connectivity index (χ0n) is 15.6. The molecule has 0 saturated carbocycles. The molecule has 6 nitrogen and oxygen atoms in total. The Balaban J connectivity index is 1.61. The second-order valence-electron chi connectivity index (χ2n) is 6.64. The van der Waals surface area contributed by atoms with E-state index in [4.69, 9.17) is 27.9 Å². The van der Waals surface area contributed by atoms with Crippen molar-refractivity contribution < 1.29 is 9.53 Å². The van der Waals surface area contributed by atoms with Gasteiger partial charge in [-0.3, -0.25) is 9.88 Å². The van der Waals surface area contributed by atoms with E-state index in [1.54, 1.807) is 35.5 Å². The number of halogens is 2. The minimum atomic E-state index is -0.169. The van der Waals surface area contributed by atoms with Gasteiger partial charge in [-0.05, 0) is 42.3 Å². The van der Waals surface area contributed by atoms with Crippen LogP contribution in [0.2, 0.25) is 10.0 Å². The number of nitrogens with zero attached hydrogens (tertiary/aromatic N) is 3. The van der Waals surface area contributed by atoms with Gasteiger partial charge in [0.1, 0.15) is 0 Å². The molecule has 8 heteroatoms. The molecule has 0 spiro atoms. The Hall–Kier alpha value is -1.86. The minimum Gasteiger partial charge on any atom is -0.379 e. The Labute approximate surface area is 175 Å². The Morgan fingerprint density at radius 2 is 1.89 bits per heavy atom. The van der Waals surface area contributed by atoms with E-state index < -0.39 is 0 Å². The SMILES string of the molecule is O=C(Nc1ccc(Cl)c(Cl)c1)N(CCCN1CCOCC1)Cc1ccncc1. The van der Waals surface area contributed by atoms with Crippen molar-refractivity contribution in [2.45, 2.75) is 13.0 Å². The van der Waals surface area contributed by atoms with Crippen molar-refractivity contribution in [3.05, 3.63) is 58.3 Å². The molecule has 3 rings (SSSR count). The lowest BCUT2D eigenvalue weighted by atomic mass is 10.2. The molecule has 2 amide bonds. The van der Waals surface area contributed by atoms with Crippen LogP contribution in [0.15, 0.2) is 42.7 Å². The first-order chi connectivity index (χ1) is 13.6. The van der Waals surface area contributed by atoms with Crippen molar-refractivity contribution in [1.82, 2.24) is 14.8 Å². The molecular formula is C20H24Cl2N4O2. The molecule has 2 heterocycles. The van der Waals surface area contributed by atoms with E-state index in [0.717, 1.165) is 44.8 Å². The number of carbonyl (C=O) groups excluding carboxylic acids is 1. The summed E-state index contributed by atoms with van der Waals surface area (Å²) in [6.07, 6.45) is 4.36. The molecule has 1 aromatic heterocycles. The van der Waals surface area contributed by atoms with Crippen molar-refractivity contribution >= 4 is 34.9 Å². The lowest BCUT2D eigenvalue weighted by molar-refractivity contribution is 0.0365. The lowest BCUT2D eigenvalue weighted by Gasteiger charge is -2.28. The van der Waals surface area contributed by atoms with Gasteiger partial charge in [-0.25, -0.2) is 4.79 Å². The molecule has 28 heavy (non-hydrogen) atoms. The Morgan fingerprint density at radius 1 is 1.14 bits per heavy atom. The second-order valence-corrected chi connectivity index (χ2v) is 7.46. The van der Waals surface area contributed by atoms with Gasteiger partial charge in [0.2, 0.25) is 0 Å². The van der Waals surface area contributed by atoms with Gasteiger partial charge in [0.15, 0.2) is 0 Å². The van der Waals surface area contributed by atoms with Gasteiger partial charge in [-0.1, -0.05) is 23.2 Å². The number of ether oxygens (including phenoxy) is 1. The first-order valence-electron chi connectivity index (χ1n) is 9.32. The average Bonchev–Trinajstić information content (AvgIpc) is 2.71. The van der Waals surface area contributed by atoms with Gasteiger partial charge < -0.3 is 15.0 Å². The number of carbonyl (C=O) groups is 1. The number of aromatic nitrogens is 1. The molecule has 150 valence electrons. The maximum atomic E-state index is 12.9. The molecule has 1 N–H and O–H groups in total. The second kappa shape index (κ2) is 10.6. The third-order valence-electron chi connectivity index (χ3n) is 4.59. The highest BCUT2D eigenvalue weighted by atomic mass is 35.5. The predicted molar refractivity (Wildman–Crippen MR) is 112 cm³/mol. The minimum absolute atomic E-state index is 0.169. The van der Waals surface area contributed by atoms with E-state index in [9.17, 15) is 4.79 Å². The topological polar surface area (TPSA) is 57.7 Å². The maximum absolute atomic E-state index is 12.9. The molecule has 1 aliphatic rings. The zero-order valence-corrected chi connectivity index (χ0v) is 17.1. The van der Waals surface area contributed by atoms with Gasteiger partial charge >= 0.3 is 6.03 Å². The van der Waals surface area contributed by atoms with Crippen LogP contribution in [0.5, 0.6) is 0 Å². The number of morpholine rings is 1. The van der Waals surface area contributed by atoms with E-state index in [1.165, 1.54) is 0 Å². The fourth-order valence-corrected chi connectivity index (χ4v) is 3.35. The summed E-state index contributed by atoms with van der Waals surface area (Å²) in [7, 11) is 0. The number of amides is 2. The number of pyridine rings is 1. The van der Waals surface area contributed by atoms with Gasteiger partial charge in [-0.2, -0.15) is 0 Å². The normalized spacial score (nSPS) is 14.6. The third-order valence-corrected chi connectivity index (χ3v) is 5.33. The van der Waals surface area contributed by atoms with Gasteiger partial charge in [0, 0.05) is 50.8 Å². The van der Waals surface area contributed by atoms with Gasteiger partial charge in [0.25, 0.3) is 0 Å². The highest BCUT2D eigenvalue weighted by molar-refractivity contribution is 6.42. The third kappa shape index (κ3) is 6.34. The molecule has 0 atom stereocenters. The van der Waals surface area contributed by atoms with Crippen LogP contribution >= 0.6 is 23.2 Å². The molecule has 0 radical (unpaired) electrons. The van der Waals surface area contributed by atoms with E-state index in [0.29, 0.717) is 28.8 Å². The van der Waals surface area contributed by atoms with Crippen LogP contribution in [0.1, 0.15) is 12.0 Å². The standard InChI is InChI=1S/C20H24Cl2N4O2/c21-18-3-2-17(14-19(18)22)24-20(27)26(15-16-4-6-23-7-5-16)9-1-8-25-10-12-28-13-11-25/h2-7,14H,1,8-13,15H2,(H,24,27). The zero-order chi connectivity index (χ0) is 19.8. The molecule has 0 unspecified atom stereocenters. The van der Waals surface area contributed by atoms with E-state index in [1.807, 2.05) is 12.1 Å². The number of hydrogen-bond donors (Lipinski definition) is 1. The number of rotatable bonds is 7. The summed E-state index contributed by atoms with van der Waals surface area (Å²) in [5.41, 5.74) is 1.65. The molecule has 1 fully saturated rings. The van der Waals surface area contributed by atoms with Crippen molar-refractivity contribution in [3.63, 3.8) is 0 Å². The smallest absolute Gasteiger partial charge is 0.322 e. The van der Waals surface area contributed by atoms with Gasteiger partial charge in [-0.15, -0.1) is 0 Å². The van der Waals surface area contributed by atoms with E-state index >= 15 is 0 Å². The summed E-state index contributed by atoms with van der Waals surface area (Å²) in [6, 6.07) is 8.73. The first-order valence-corrected chi connectivity index (χ1v) is 10.1. The highest BCUT2D eigenvalue weighted by Gasteiger charge is 2.16. The van der Waals surface area contributed by atoms with Crippen LogP contribution in [-0.2, 0) is 11.3 Å². The number of nitrogens with one attached hydrogen (secondary N) is 1. The number of hydrogen-bond acceptors (Lipinski definition) is 4. The van der Waals surface area contributed by atoms with Crippen LogP contribution in [0, 0.1) is 0 Å². The van der Waals surface area contributed by atoms with E-state index in [-0.39, 0.29) is 6.03 Å². The van der Waals surface area contributed by atoms with Crippen LogP contribution in [0.25, 0.3) is 0 Å². The van der Waals surface area contributed by atoms with Crippen LogP contribution in [-0.4, -0.2) is 60.2 Å². The molecule has 1 aromatic carbocycles. The lowest BCUT2D eigenvalue weighted by Crippen LogP contribution is -2.40. The van der Waals surface area contributed by atoms with E-state index in [2.05, 4.69) is 15.2 Å². The van der Waals surface area contributed by atoms with Crippen LogP contribution in [0.3, 0.4) is 0 Å². The molecule has 0 bridgehead atoms. The first kappa shape index (κ1) is 20.9. The van der Waals surface area contributed by atoms with Crippen molar-refractivity contribution in [2.75, 3.05) is 44.7 Å². The van der Waals surface area contributed by atoms with Crippen molar-refractivity contribution in [2.24, 2.45) is 0 Å². The van der Waals surface area contributed by atoms with Crippen molar-refractivity contribution in [1.29, 1.82) is 0 Å². The molecular weight excluding hydrogens is 399 g/mol. The summed E-state index contributed by atoms with van der Waals surface area (Å²) < 4.78 is 5.39. The highest BCUT2D eigenvalue weighted by Crippen LogP contribution is 2.25. The Kier molecular flexibility index (Phi) is 7.91. The largest absolute Gasteiger partial charge is 0.379 e. The monoisotopic (exact) mass is 422 g/mol. The quantitative estimate of drug-likeness (QED) is 0.727. The average molecular weight is 423 g/mol. The predicted octanol–water partition coefficient (Wildman–Crippen LogP) is 4.14. The van der Waals surface area contributed by atoms with Gasteiger partial charge in [0.05, 0.1) is 23.3 Å². The summed E-state index contributed by atoms with van der Waals surface area (Å²) in [6.45, 7) is 5.54. The Bertz CT molecular complexity index is 770. The molecule has 2 aromatic rings. The summed E-state index contributed by atoms with van der Waals surface area (Å²) >= 11 is 12.0. The summed E-state index contributed by atoms with van der Waals surface area (Å²) in [5, 5.41) is 3.78. The van der Waals surface area contributed by atoms with Crippen LogP contribution < -0.4 is 5.32 Å². The summed E-state index contributed by atoms with van der Waals surface area (Å²) in [5.74, 6) is 0. The molecule has 0 aliphatic carbocycles. The Morgan fingerprint density at radius 3 is 2.61 bits per heavy atom. The fraction of sp³-hybridized carbons (Fsp3) is 0.400. The number of benzene rings is 1. The number of anilines is 1. The fourth-order valence-electron chi connectivity index (χ4n) is 3.05. The molecule has 1 aliphatic heterocycles. The molecule has 1 saturated heterocycles. The number of urea groups is 1. The summed E-state index contributed by atoms with van der Waals surface area (Å²) in [4.78, 5) is 21.1. The van der Waals surface area contributed by atoms with Crippen LogP contribution in [0.4, 0.5) is 10.5 Å². The van der Waals surface area contributed by atoms with Crippen molar-refractivity contribution in [3.8, 4) is 0 Å². The maximum Gasteiger partial charge on any atom is 0.322 e.